The molecule has 0 saturated carbocycles. The summed E-state index contributed by atoms with van der Waals surface area (Å²) in [4.78, 5) is 0. The van der Waals surface area contributed by atoms with Crippen LogP contribution in [-0.2, 0) is 0 Å². The highest BCUT2D eigenvalue weighted by molar-refractivity contribution is 6.26. The number of hydrogen-bond acceptors (Lipinski definition) is 0. The maximum Gasteiger partial charge on any atom is 0.0645 e. The van der Waals surface area contributed by atoms with Crippen LogP contribution >= 0.6 is 0 Å². The lowest BCUT2D eigenvalue weighted by Crippen LogP contribution is -1.97. The summed E-state index contributed by atoms with van der Waals surface area (Å²) in [6.07, 6.45) is 0. The molecule has 6 aromatic carbocycles. The number of nitrogens with zero attached hydrogens (tertiary/aromatic N) is 2. The van der Waals surface area contributed by atoms with Gasteiger partial charge in [-0.25, -0.2) is 0 Å². The SMILES string of the molecule is [2H]c1c([2H])c([2H])c2c(c1[2H])c1c(c([2H])c([2H])c3c4c([2H])c([2H])c([2H])c([2H])c4n(-c4ccccc4)c31)n2-c1ccccc1-c1ccccc1. The van der Waals surface area contributed by atoms with Gasteiger partial charge in [0.15, 0.2) is 0 Å². The molecule has 2 heteroatoms. The fourth-order valence-electron chi connectivity index (χ4n) is 5.43. The number of para-hydroxylation sites is 4. The smallest absolute Gasteiger partial charge is 0.0645 e. The zero-order valence-electron chi connectivity index (χ0n) is 30.0. The lowest BCUT2D eigenvalue weighted by Gasteiger charge is -2.14. The van der Waals surface area contributed by atoms with E-state index in [0.29, 0.717) is 11.4 Å². The van der Waals surface area contributed by atoms with Crippen LogP contribution in [0.1, 0.15) is 13.7 Å². The summed E-state index contributed by atoms with van der Waals surface area (Å²) in [7, 11) is 0. The van der Waals surface area contributed by atoms with Crippen LogP contribution in [0.3, 0.4) is 0 Å². The lowest BCUT2D eigenvalue weighted by molar-refractivity contribution is 1.17. The average Bonchev–Trinajstić information content (AvgIpc) is 3.66. The second-order valence-electron chi connectivity index (χ2n) is 9.03. The van der Waals surface area contributed by atoms with Crippen LogP contribution in [0.2, 0.25) is 0 Å². The molecular weight excluding hydrogens is 460 g/mol. The molecular formula is C36H24N2. The van der Waals surface area contributed by atoms with Gasteiger partial charge in [0.05, 0.1) is 41.5 Å². The molecule has 0 bridgehead atoms. The average molecular weight is 495 g/mol. The zero-order chi connectivity index (χ0) is 33.8. The van der Waals surface area contributed by atoms with E-state index in [2.05, 4.69) is 0 Å². The standard InChI is InChI=1S/C36H24N2/c1-3-13-25(14-4-1)27-17-7-10-20-31(27)38-33-22-12-9-19-30(33)35-34(38)24-23-29-28-18-8-11-21-32(28)37(36(29)35)26-15-5-2-6-16-26/h1-24H/i8D,9D,11D,12D,18D,19D,21D,22D,23D,24D. The molecule has 0 N–H and O–H groups in total. The van der Waals surface area contributed by atoms with E-state index in [-0.39, 0.29) is 79.9 Å². The second kappa shape index (κ2) is 8.22. The molecule has 0 aliphatic rings. The van der Waals surface area contributed by atoms with Crippen molar-refractivity contribution >= 4 is 43.6 Å². The summed E-state index contributed by atoms with van der Waals surface area (Å²) < 4.78 is 92.9. The van der Waals surface area contributed by atoms with E-state index in [4.69, 9.17) is 9.60 Å². The third-order valence-corrected chi connectivity index (χ3v) is 6.99. The molecule has 2 aromatic heterocycles. The van der Waals surface area contributed by atoms with E-state index in [9.17, 15) is 4.11 Å². The van der Waals surface area contributed by atoms with E-state index in [1.807, 2.05) is 54.6 Å². The monoisotopic (exact) mass is 494 g/mol. The Morgan fingerprint density at radius 1 is 0.474 bits per heavy atom. The van der Waals surface area contributed by atoms with E-state index >= 15 is 0 Å². The minimum atomic E-state index is -0.480. The van der Waals surface area contributed by atoms with E-state index in [1.54, 1.807) is 39.5 Å². The molecule has 0 amide bonds. The van der Waals surface area contributed by atoms with Gasteiger partial charge in [0.25, 0.3) is 0 Å². The first kappa shape index (κ1) is 13.5. The van der Waals surface area contributed by atoms with Crippen molar-refractivity contribution in [1.82, 2.24) is 9.13 Å². The fourth-order valence-corrected chi connectivity index (χ4v) is 5.43. The molecule has 0 spiro atoms. The molecule has 0 fully saturated rings. The molecule has 178 valence electrons. The van der Waals surface area contributed by atoms with Gasteiger partial charge in [-0.05, 0) is 41.9 Å². The van der Waals surface area contributed by atoms with Crippen LogP contribution in [0.4, 0.5) is 0 Å². The third kappa shape index (κ3) is 2.95. The van der Waals surface area contributed by atoms with Gasteiger partial charge in [-0.2, -0.15) is 0 Å². The number of aromatic nitrogens is 2. The highest BCUT2D eigenvalue weighted by atomic mass is 15.0. The minimum absolute atomic E-state index is 0.0617. The summed E-state index contributed by atoms with van der Waals surface area (Å²) in [5, 5.41) is 0.521. The number of hydrogen-bond donors (Lipinski definition) is 0. The largest absolute Gasteiger partial charge is 0.309 e. The van der Waals surface area contributed by atoms with Gasteiger partial charge >= 0.3 is 0 Å². The van der Waals surface area contributed by atoms with Crippen molar-refractivity contribution in [2.24, 2.45) is 0 Å². The summed E-state index contributed by atoms with van der Waals surface area (Å²) in [6.45, 7) is 0. The molecule has 8 aromatic rings. The Bertz CT molecular complexity index is 2660. The van der Waals surface area contributed by atoms with Gasteiger partial charge in [0.2, 0.25) is 0 Å². The third-order valence-electron chi connectivity index (χ3n) is 6.99. The van der Waals surface area contributed by atoms with Crippen LogP contribution in [-0.4, -0.2) is 9.13 Å². The molecule has 0 unspecified atom stereocenters. The highest BCUT2D eigenvalue weighted by Gasteiger charge is 2.21. The Labute approximate surface area is 234 Å². The fraction of sp³-hybridized carbons (Fsp3) is 0. The molecule has 0 saturated heterocycles. The minimum Gasteiger partial charge on any atom is -0.309 e. The summed E-state index contributed by atoms with van der Waals surface area (Å²) in [5.74, 6) is 0. The zero-order valence-corrected chi connectivity index (χ0v) is 20.0. The predicted molar refractivity (Wildman–Crippen MR) is 161 cm³/mol. The molecule has 2 heterocycles. The first-order chi connectivity index (χ1) is 23.1. The Morgan fingerprint density at radius 2 is 1.11 bits per heavy atom. The number of fused-ring (bicyclic) bond motifs is 7. The summed E-state index contributed by atoms with van der Waals surface area (Å²) >= 11 is 0. The van der Waals surface area contributed by atoms with Gasteiger partial charge in [0.1, 0.15) is 0 Å². The van der Waals surface area contributed by atoms with Gasteiger partial charge < -0.3 is 9.13 Å². The quantitative estimate of drug-likeness (QED) is 0.231. The Hall–Kier alpha value is -5.08. The maximum absolute atomic E-state index is 9.50. The van der Waals surface area contributed by atoms with Crippen molar-refractivity contribution < 1.29 is 13.7 Å². The van der Waals surface area contributed by atoms with Gasteiger partial charge in [-0.3, -0.25) is 0 Å². The van der Waals surface area contributed by atoms with Crippen LogP contribution in [0, 0.1) is 0 Å². The van der Waals surface area contributed by atoms with Gasteiger partial charge in [0, 0.05) is 32.8 Å². The topological polar surface area (TPSA) is 9.86 Å². The Kier molecular flexibility index (Phi) is 2.91. The second-order valence-corrected chi connectivity index (χ2v) is 9.03. The molecule has 38 heavy (non-hydrogen) atoms. The predicted octanol–water partition coefficient (Wildman–Crippen LogP) is 9.55. The van der Waals surface area contributed by atoms with Crippen molar-refractivity contribution in [1.29, 1.82) is 0 Å². The number of rotatable bonds is 3. The summed E-state index contributed by atoms with van der Waals surface area (Å²) in [6, 6.07) is 22.0. The maximum atomic E-state index is 9.50. The van der Waals surface area contributed by atoms with E-state index in [0.717, 1.165) is 11.1 Å². The van der Waals surface area contributed by atoms with Gasteiger partial charge in [-0.1, -0.05) is 109 Å². The summed E-state index contributed by atoms with van der Waals surface area (Å²) in [5.41, 5.74) is 3.26. The Balaban J connectivity index is 1.76. The van der Waals surface area contributed by atoms with Crippen molar-refractivity contribution in [2.45, 2.75) is 0 Å². The van der Waals surface area contributed by atoms with E-state index < -0.39 is 24.2 Å². The van der Waals surface area contributed by atoms with Crippen molar-refractivity contribution in [3.05, 3.63) is 145 Å². The highest BCUT2D eigenvalue weighted by Crippen LogP contribution is 2.42. The van der Waals surface area contributed by atoms with Crippen LogP contribution in [0.5, 0.6) is 0 Å². The lowest BCUT2D eigenvalue weighted by atomic mass is 10.0. The van der Waals surface area contributed by atoms with E-state index in [1.165, 1.54) is 0 Å². The first-order valence-electron chi connectivity index (χ1n) is 17.2. The molecule has 0 radical (unpaired) electrons. The molecule has 0 atom stereocenters. The molecule has 2 nitrogen and oxygen atoms in total. The van der Waals surface area contributed by atoms with Crippen LogP contribution < -0.4 is 0 Å². The molecule has 0 aliphatic carbocycles. The van der Waals surface area contributed by atoms with Crippen LogP contribution in [0.25, 0.3) is 66.1 Å². The van der Waals surface area contributed by atoms with Crippen molar-refractivity contribution in [3.8, 4) is 22.5 Å². The normalized spacial score (nSPS) is 15.4. The Morgan fingerprint density at radius 3 is 1.89 bits per heavy atom. The van der Waals surface area contributed by atoms with Crippen molar-refractivity contribution in [2.75, 3.05) is 0 Å². The number of benzene rings is 6. The first-order valence-corrected chi connectivity index (χ1v) is 12.2. The van der Waals surface area contributed by atoms with Crippen LogP contribution in [0.15, 0.2) is 145 Å². The van der Waals surface area contributed by atoms with Gasteiger partial charge in [-0.15, -0.1) is 0 Å². The molecule has 8 rings (SSSR count). The molecule has 0 aliphatic heterocycles. The van der Waals surface area contributed by atoms with Crippen molar-refractivity contribution in [3.63, 3.8) is 0 Å².